The summed E-state index contributed by atoms with van der Waals surface area (Å²) < 4.78 is 28.2. The standard InChI is InChI=1S/C25H25N3O3S/c1-18-10-12-23(13-11-18)32(30,31)28(24-9-4-6-19(2)20(24)3)17-25(29)27-16-22-8-5-7-21(14-22)15-26/h4-14H,16-17H2,1-3H3,(H,27,29). The van der Waals surface area contributed by atoms with Gasteiger partial charge in [0.25, 0.3) is 10.0 Å². The molecule has 0 radical (unpaired) electrons. The maximum absolute atomic E-state index is 13.5. The first-order chi connectivity index (χ1) is 15.2. The highest BCUT2D eigenvalue weighted by Gasteiger charge is 2.28. The van der Waals surface area contributed by atoms with Gasteiger partial charge in [0, 0.05) is 6.54 Å². The Morgan fingerprint density at radius 1 is 1.00 bits per heavy atom. The molecular formula is C25H25N3O3S. The lowest BCUT2D eigenvalue weighted by molar-refractivity contribution is -0.119. The fourth-order valence-corrected chi connectivity index (χ4v) is 4.76. The second-order valence-corrected chi connectivity index (χ2v) is 9.49. The number of nitrogens with one attached hydrogen (secondary N) is 1. The summed E-state index contributed by atoms with van der Waals surface area (Å²) >= 11 is 0. The topological polar surface area (TPSA) is 90.3 Å². The van der Waals surface area contributed by atoms with Crippen molar-refractivity contribution >= 4 is 21.6 Å². The minimum Gasteiger partial charge on any atom is -0.350 e. The van der Waals surface area contributed by atoms with Crippen molar-refractivity contribution in [3.05, 3.63) is 94.5 Å². The van der Waals surface area contributed by atoms with Crippen LogP contribution in [-0.2, 0) is 21.4 Å². The minimum absolute atomic E-state index is 0.124. The first-order valence-corrected chi connectivity index (χ1v) is 11.6. The maximum Gasteiger partial charge on any atom is 0.264 e. The van der Waals surface area contributed by atoms with Gasteiger partial charge in [-0.25, -0.2) is 8.42 Å². The molecule has 0 saturated carbocycles. The van der Waals surface area contributed by atoms with Gasteiger partial charge in [-0.1, -0.05) is 42.0 Å². The summed E-state index contributed by atoms with van der Waals surface area (Å²) in [5.74, 6) is -0.441. The first kappa shape index (κ1) is 23.0. The average Bonchev–Trinajstić information content (AvgIpc) is 2.78. The Kier molecular flexibility index (Phi) is 6.96. The Morgan fingerprint density at radius 2 is 1.69 bits per heavy atom. The van der Waals surface area contributed by atoms with Crippen molar-refractivity contribution in [2.45, 2.75) is 32.2 Å². The van der Waals surface area contributed by atoms with Crippen molar-refractivity contribution in [1.29, 1.82) is 5.26 Å². The number of hydrogen-bond donors (Lipinski definition) is 1. The summed E-state index contributed by atoms with van der Waals surface area (Å²) in [6.45, 7) is 5.46. The third-order valence-electron chi connectivity index (χ3n) is 5.29. The molecule has 3 aromatic rings. The zero-order valence-electron chi connectivity index (χ0n) is 18.3. The Hall–Kier alpha value is -3.63. The number of sulfonamides is 1. The largest absolute Gasteiger partial charge is 0.350 e. The van der Waals surface area contributed by atoms with Gasteiger partial charge in [-0.15, -0.1) is 0 Å². The molecule has 1 N–H and O–H groups in total. The number of hydrogen-bond acceptors (Lipinski definition) is 4. The normalized spacial score (nSPS) is 10.9. The molecule has 0 aliphatic heterocycles. The number of carbonyl (C=O) groups excluding carboxylic acids is 1. The SMILES string of the molecule is Cc1ccc(S(=O)(=O)N(CC(=O)NCc2cccc(C#N)c2)c2cccc(C)c2C)cc1. The fraction of sp³-hybridized carbons (Fsp3) is 0.200. The lowest BCUT2D eigenvalue weighted by atomic mass is 10.1. The van der Waals surface area contributed by atoms with Crippen LogP contribution in [0.25, 0.3) is 0 Å². The highest BCUT2D eigenvalue weighted by molar-refractivity contribution is 7.92. The van der Waals surface area contributed by atoms with Crippen LogP contribution < -0.4 is 9.62 Å². The molecule has 164 valence electrons. The van der Waals surface area contributed by atoms with E-state index in [9.17, 15) is 13.2 Å². The fourth-order valence-electron chi connectivity index (χ4n) is 3.28. The third kappa shape index (κ3) is 5.16. The van der Waals surface area contributed by atoms with Crippen molar-refractivity contribution in [1.82, 2.24) is 5.32 Å². The predicted octanol–water partition coefficient (Wildman–Crippen LogP) is 4.00. The van der Waals surface area contributed by atoms with Crippen molar-refractivity contribution in [3.63, 3.8) is 0 Å². The number of carbonyl (C=O) groups is 1. The summed E-state index contributed by atoms with van der Waals surface area (Å²) in [4.78, 5) is 12.9. The summed E-state index contributed by atoms with van der Waals surface area (Å²) in [5.41, 5.74) is 4.39. The van der Waals surface area contributed by atoms with E-state index in [-0.39, 0.29) is 18.0 Å². The van der Waals surface area contributed by atoms with Crippen molar-refractivity contribution in [2.75, 3.05) is 10.8 Å². The number of nitrogens with zero attached hydrogens (tertiary/aromatic N) is 2. The van der Waals surface area contributed by atoms with Crippen LogP contribution in [0.4, 0.5) is 5.69 Å². The number of nitriles is 1. The summed E-state index contributed by atoms with van der Waals surface area (Å²) in [7, 11) is -3.97. The van der Waals surface area contributed by atoms with Gasteiger partial charge >= 0.3 is 0 Å². The minimum atomic E-state index is -3.97. The van der Waals surface area contributed by atoms with Crippen LogP contribution in [0.2, 0.25) is 0 Å². The van der Waals surface area contributed by atoms with Gasteiger partial charge in [0.15, 0.2) is 0 Å². The molecule has 32 heavy (non-hydrogen) atoms. The molecule has 0 spiro atoms. The van der Waals surface area contributed by atoms with E-state index >= 15 is 0 Å². The molecular weight excluding hydrogens is 422 g/mol. The predicted molar refractivity (Wildman–Crippen MR) is 125 cm³/mol. The van der Waals surface area contributed by atoms with Crippen molar-refractivity contribution in [2.24, 2.45) is 0 Å². The molecule has 6 nitrogen and oxygen atoms in total. The van der Waals surface area contributed by atoms with Gasteiger partial charge in [-0.3, -0.25) is 9.10 Å². The average molecular weight is 448 g/mol. The molecule has 0 aromatic heterocycles. The molecule has 0 bridgehead atoms. The molecule has 7 heteroatoms. The van der Waals surface area contributed by atoms with E-state index in [0.717, 1.165) is 26.6 Å². The van der Waals surface area contributed by atoms with Gasteiger partial charge in [-0.05, 0) is 67.8 Å². The highest BCUT2D eigenvalue weighted by Crippen LogP contribution is 2.28. The molecule has 0 aliphatic rings. The van der Waals surface area contributed by atoms with Crippen LogP contribution >= 0.6 is 0 Å². The van der Waals surface area contributed by atoms with Gasteiger partial charge < -0.3 is 5.32 Å². The molecule has 0 atom stereocenters. The van der Waals surface area contributed by atoms with Crippen molar-refractivity contribution < 1.29 is 13.2 Å². The molecule has 0 unspecified atom stereocenters. The van der Waals surface area contributed by atoms with E-state index in [1.807, 2.05) is 26.8 Å². The van der Waals surface area contributed by atoms with Crippen LogP contribution in [0.3, 0.4) is 0 Å². The zero-order valence-corrected chi connectivity index (χ0v) is 19.1. The third-order valence-corrected chi connectivity index (χ3v) is 7.06. The van der Waals surface area contributed by atoms with Crippen LogP contribution in [0.5, 0.6) is 0 Å². The number of anilines is 1. The van der Waals surface area contributed by atoms with E-state index < -0.39 is 15.9 Å². The van der Waals surface area contributed by atoms with Crippen LogP contribution in [0.1, 0.15) is 27.8 Å². The van der Waals surface area contributed by atoms with Gasteiger partial charge in [0.2, 0.25) is 5.91 Å². The molecule has 0 aliphatic carbocycles. The van der Waals surface area contributed by atoms with Gasteiger partial charge in [0.05, 0.1) is 22.2 Å². The van der Waals surface area contributed by atoms with E-state index in [1.54, 1.807) is 60.7 Å². The van der Waals surface area contributed by atoms with Crippen molar-refractivity contribution in [3.8, 4) is 6.07 Å². The number of rotatable bonds is 7. The van der Waals surface area contributed by atoms with Gasteiger partial charge in [-0.2, -0.15) is 5.26 Å². The first-order valence-electron chi connectivity index (χ1n) is 10.1. The zero-order chi connectivity index (χ0) is 23.3. The Morgan fingerprint density at radius 3 is 2.38 bits per heavy atom. The maximum atomic E-state index is 13.5. The monoisotopic (exact) mass is 447 g/mol. The van der Waals surface area contributed by atoms with Crippen LogP contribution in [-0.4, -0.2) is 20.9 Å². The summed E-state index contributed by atoms with van der Waals surface area (Å²) in [6.07, 6.45) is 0. The molecule has 0 heterocycles. The molecule has 3 aromatic carbocycles. The number of aryl methyl sites for hydroxylation is 2. The molecule has 1 amide bonds. The highest BCUT2D eigenvalue weighted by atomic mass is 32.2. The smallest absolute Gasteiger partial charge is 0.264 e. The van der Waals surface area contributed by atoms with E-state index in [4.69, 9.17) is 5.26 Å². The van der Waals surface area contributed by atoms with E-state index in [0.29, 0.717) is 11.3 Å². The van der Waals surface area contributed by atoms with E-state index in [1.165, 1.54) is 0 Å². The number of benzene rings is 3. The lowest BCUT2D eigenvalue weighted by Gasteiger charge is -2.26. The van der Waals surface area contributed by atoms with Crippen LogP contribution in [0, 0.1) is 32.1 Å². The molecule has 3 rings (SSSR count). The number of amides is 1. The second kappa shape index (κ2) is 9.67. The summed E-state index contributed by atoms with van der Waals surface area (Å²) in [6, 6.07) is 20.9. The molecule has 0 fully saturated rings. The summed E-state index contributed by atoms with van der Waals surface area (Å²) in [5, 5.41) is 11.8. The Bertz CT molecular complexity index is 1280. The Labute approximate surface area is 189 Å². The van der Waals surface area contributed by atoms with Gasteiger partial charge in [0.1, 0.15) is 6.54 Å². The lowest BCUT2D eigenvalue weighted by Crippen LogP contribution is -2.41. The Balaban J connectivity index is 1.90. The van der Waals surface area contributed by atoms with Crippen LogP contribution in [0.15, 0.2) is 71.6 Å². The quantitative estimate of drug-likeness (QED) is 0.593. The molecule has 0 saturated heterocycles. The second-order valence-electron chi connectivity index (χ2n) is 7.63. The van der Waals surface area contributed by atoms with E-state index in [2.05, 4.69) is 11.4 Å².